The molecule has 0 heterocycles. The number of benzene rings is 3. The van der Waals surface area contributed by atoms with Gasteiger partial charge in [0, 0.05) is 23.6 Å². The zero-order valence-corrected chi connectivity index (χ0v) is 19.0. The number of carbonyl (C=O) groups is 3. The minimum atomic E-state index is -0.846. The Hall–Kier alpha value is -4.13. The molecular formula is C28H23F2NO4. The molecule has 7 heteroatoms. The minimum absolute atomic E-state index is 0.0120. The van der Waals surface area contributed by atoms with Gasteiger partial charge >= 0.3 is 5.97 Å². The lowest BCUT2D eigenvalue weighted by molar-refractivity contribution is -0.122. The predicted molar refractivity (Wildman–Crippen MR) is 127 cm³/mol. The molecule has 0 spiro atoms. The summed E-state index contributed by atoms with van der Waals surface area (Å²) in [5.74, 6) is -2.39. The number of carbonyl (C=O) groups excluding carboxylic acids is 3. The second kappa shape index (κ2) is 10.4. The largest absolute Gasteiger partial charge is 0.465 e. The van der Waals surface area contributed by atoms with E-state index < -0.39 is 17.6 Å². The Kier molecular flexibility index (Phi) is 7.15. The maximum absolute atomic E-state index is 14.8. The van der Waals surface area contributed by atoms with Crippen LogP contribution in [0.2, 0.25) is 0 Å². The van der Waals surface area contributed by atoms with Crippen molar-refractivity contribution in [2.75, 3.05) is 7.11 Å². The zero-order chi connectivity index (χ0) is 24.9. The summed E-state index contributed by atoms with van der Waals surface area (Å²) in [6.07, 6.45) is 5.38. The smallest absolute Gasteiger partial charge is 0.341 e. The molecule has 3 aromatic rings. The summed E-state index contributed by atoms with van der Waals surface area (Å²) in [4.78, 5) is 35.2. The Morgan fingerprint density at radius 1 is 1.03 bits per heavy atom. The SMILES string of the molecule is COC(=O)c1c(F)cccc1-c1ccc(CNC(=O)[C@@H]2C[C@H]2C=Cc2ccc(C=O)cc2)c(F)c1. The number of nitrogens with one attached hydrogen (secondary N) is 1. The van der Waals surface area contributed by atoms with Crippen molar-refractivity contribution in [3.05, 3.63) is 101 Å². The quantitative estimate of drug-likeness (QED) is 0.359. The van der Waals surface area contributed by atoms with Crippen LogP contribution in [0.15, 0.2) is 66.7 Å². The van der Waals surface area contributed by atoms with E-state index >= 15 is 0 Å². The van der Waals surface area contributed by atoms with E-state index in [0.29, 0.717) is 17.5 Å². The lowest BCUT2D eigenvalue weighted by atomic mass is 9.98. The Morgan fingerprint density at radius 2 is 1.77 bits per heavy atom. The molecule has 0 saturated heterocycles. The van der Waals surface area contributed by atoms with Crippen molar-refractivity contribution in [2.24, 2.45) is 11.8 Å². The van der Waals surface area contributed by atoms with Gasteiger partial charge in [-0.2, -0.15) is 0 Å². The van der Waals surface area contributed by atoms with Gasteiger partial charge in [-0.15, -0.1) is 0 Å². The Balaban J connectivity index is 1.37. The average molecular weight is 475 g/mol. The number of hydrogen-bond donors (Lipinski definition) is 1. The van der Waals surface area contributed by atoms with Crippen LogP contribution in [0.3, 0.4) is 0 Å². The molecule has 35 heavy (non-hydrogen) atoms. The van der Waals surface area contributed by atoms with Crippen molar-refractivity contribution >= 4 is 24.2 Å². The molecule has 5 nitrogen and oxygen atoms in total. The van der Waals surface area contributed by atoms with E-state index in [1.165, 1.54) is 24.3 Å². The first-order chi connectivity index (χ1) is 16.9. The summed E-state index contributed by atoms with van der Waals surface area (Å²) in [6.45, 7) is 0.0120. The van der Waals surface area contributed by atoms with Crippen LogP contribution >= 0.6 is 0 Å². The fourth-order valence-electron chi connectivity index (χ4n) is 3.90. The molecular weight excluding hydrogens is 452 g/mol. The standard InChI is InChI=1S/C28H23F2NO4/c1-35-28(34)26-22(3-2-4-24(26)29)20-11-12-21(25(30)14-20)15-31-27(33)23-13-19(23)10-9-17-5-7-18(16-32)8-6-17/h2-12,14,16,19,23H,13,15H2,1H3,(H,31,33)/t19-,23-/m1/s1. The second-order valence-electron chi connectivity index (χ2n) is 8.33. The van der Waals surface area contributed by atoms with Gasteiger partial charge in [0.05, 0.1) is 7.11 Å². The van der Waals surface area contributed by atoms with Crippen molar-refractivity contribution in [1.29, 1.82) is 0 Å². The second-order valence-corrected chi connectivity index (χ2v) is 8.33. The summed E-state index contributed by atoms with van der Waals surface area (Å²) >= 11 is 0. The first-order valence-electron chi connectivity index (χ1n) is 11.1. The highest BCUT2D eigenvalue weighted by Gasteiger charge is 2.40. The van der Waals surface area contributed by atoms with Crippen LogP contribution in [0.5, 0.6) is 0 Å². The summed E-state index contributed by atoms with van der Waals surface area (Å²) in [5, 5.41) is 2.77. The van der Waals surface area contributed by atoms with E-state index in [2.05, 4.69) is 10.1 Å². The van der Waals surface area contributed by atoms with Crippen LogP contribution in [0.25, 0.3) is 17.2 Å². The van der Waals surface area contributed by atoms with E-state index in [0.717, 1.165) is 25.0 Å². The monoisotopic (exact) mass is 475 g/mol. The molecule has 1 aliphatic rings. The van der Waals surface area contributed by atoms with Gasteiger partial charge in [0.1, 0.15) is 23.5 Å². The normalized spacial score (nSPS) is 16.7. The molecule has 1 fully saturated rings. The molecule has 2 atom stereocenters. The molecule has 3 aromatic carbocycles. The highest BCUT2D eigenvalue weighted by Crippen LogP contribution is 2.40. The van der Waals surface area contributed by atoms with Gasteiger partial charge in [-0.25, -0.2) is 13.6 Å². The average Bonchev–Trinajstić information content (AvgIpc) is 3.66. The third kappa shape index (κ3) is 5.51. The summed E-state index contributed by atoms with van der Waals surface area (Å²) in [6, 6.07) is 15.5. The van der Waals surface area contributed by atoms with E-state index in [9.17, 15) is 23.2 Å². The van der Waals surface area contributed by atoms with Crippen LogP contribution in [-0.2, 0) is 16.1 Å². The zero-order valence-electron chi connectivity index (χ0n) is 19.0. The maximum atomic E-state index is 14.8. The lowest BCUT2D eigenvalue weighted by Crippen LogP contribution is -2.25. The van der Waals surface area contributed by atoms with Crippen LogP contribution < -0.4 is 5.32 Å². The third-order valence-electron chi connectivity index (χ3n) is 6.01. The van der Waals surface area contributed by atoms with Crippen LogP contribution in [0, 0.1) is 23.5 Å². The first-order valence-corrected chi connectivity index (χ1v) is 11.1. The number of methoxy groups -OCH3 is 1. The highest BCUT2D eigenvalue weighted by molar-refractivity contribution is 5.97. The molecule has 0 bridgehead atoms. The molecule has 4 rings (SSSR count). The van der Waals surface area contributed by atoms with Crippen molar-refractivity contribution in [3.8, 4) is 11.1 Å². The molecule has 1 N–H and O–H groups in total. The predicted octanol–water partition coefficient (Wildman–Crippen LogP) is 5.20. The van der Waals surface area contributed by atoms with Crippen LogP contribution in [0.4, 0.5) is 8.78 Å². The molecule has 1 aliphatic carbocycles. The first kappa shape index (κ1) is 24.0. The highest BCUT2D eigenvalue weighted by atomic mass is 19.1. The number of aldehydes is 1. The molecule has 0 aromatic heterocycles. The van der Waals surface area contributed by atoms with Gasteiger partial charge in [-0.1, -0.05) is 60.7 Å². The van der Waals surface area contributed by atoms with Gasteiger partial charge in [0.15, 0.2) is 0 Å². The number of halogens is 2. The van der Waals surface area contributed by atoms with Crippen molar-refractivity contribution in [1.82, 2.24) is 5.32 Å². The van der Waals surface area contributed by atoms with Crippen molar-refractivity contribution in [3.63, 3.8) is 0 Å². The van der Waals surface area contributed by atoms with E-state index in [1.54, 1.807) is 18.2 Å². The summed E-state index contributed by atoms with van der Waals surface area (Å²) in [5.41, 5.74) is 2.11. The van der Waals surface area contributed by atoms with E-state index in [-0.39, 0.29) is 41.0 Å². The molecule has 0 unspecified atom stereocenters. The maximum Gasteiger partial charge on any atom is 0.341 e. The van der Waals surface area contributed by atoms with E-state index in [4.69, 9.17) is 0 Å². The number of allylic oxidation sites excluding steroid dienone is 1. The molecule has 1 amide bonds. The summed E-state index contributed by atoms with van der Waals surface area (Å²) in [7, 11) is 1.15. The fourth-order valence-corrected chi connectivity index (χ4v) is 3.90. The Bertz CT molecular complexity index is 1300. The minimum Gasteiger partial charge on any atom is -0.465 e. The molecule has 1 saturated carbocycles. The number of rotatable bonds is 8. The lowest BCUT2D eigenvalue weighted by Gasteiger charge is -2.11. The summed E-state index contributed by atoms with van der Waals surface area (Å²) < 4.78 is 33.6. The Morgan fingerprint density at radius 3 is 2.46 bits per heavy atom. The van der Waals surface area contributed by atoms with Crippen molar-refractivity contribution < 1.29 is 27.9 Å². The Labute approximate surface area is 201 Å². The van der Waals surface area contributed by atoms with Gasteiger partial charge < -0.3 is 10.1 Å². The fraction of sp³-hybridized carbons (Fsp3) is 0.179. The number of hydrogen-bond acceptors (Lipinski definition) is 4. The van der Waals surface area contributed by atoms with Gasteiger partial charge in [0.2, 0.25) is 5.91 Å². The van der Waals surface area contributed by atoms with Gasteiger partial charge in [-0.05, 0) is 41.2 Å². The molecule has 0 radical (unpaired) electrons. The molecule has 178 valence electrons. The van der Waals surface area contributed by atoms with Gasteiger partial charge in [0.25, 0.3) is 0 Å². The number of amides is 1. The number of esters is 1. The van der Waals surface area contributed by atoms with Crippen LogP contribution in [-0.4, -0.2) is 25.3 Å². The topological polar surface area (TPSA) is 72.5 Å². The molecule has 0 aliphatic heterocycles. The van der Waals surface area contributed by atoms with Gasteiger partial charge in [-0.3, -0.25) is 9.59 Å². The van der Waals surface area contributed by atoms with E-state index in [1.807, 2.05) is 24.3 Å². The third-order valence-corrected chi connectivity index (χ3v) is 6.01. The number of ether oxygens (including phenoxy) is 1. The van der Waals surface area contributed by atoms with Crippen LogP contribution in [0.1, 0.15) is 38.3 Å². The van der Waals surface area contributed by atoms with Crippen molar-refractivity contribution in [2.45, 2.75) is 13.0 Å².